The number of rotatable bonds is 5. The van der Waals surface area contributed by atoms with Gasteiger partial charge in [0.2, 0.25) is 0 Å². The van der Waals surface area contributed by atoms with Gasteiger partial charge in [0.15, 0.2) is 0 Å². The summed E-state index contributed by atoms with van der Waals surface area (Å²) in [6, 6.07) is 6.94. The van der Waals surface area contributed by atoms with Gasteiger partial charge in [0, 0.05) is 23.5 Å². The van der Waals surface area contributed by atoms with Crippen LogP contribution in [0.15, 0.2) is 24.3 Å². The van der Waals surface area contributed by atoms with Gasteiger partial charge < -0.3 is 20.7 Å². The van der Waals surface area contributed by atoms with Crippen LogP contribution in [0.25, 0.3) is 0 Å². The Morgan fingerprint density at radius 3 is 2.52 bits per heavy atom. The highest BCUT2D eigenvalue weighted by Crippen LogP contribution is 2.36. The van der Waals surface area contributed by atoms with Crippen molar-refractivity contribution in [2.75, 3.05) is 18.9 Å². The molecule has 2 heterocycles. The first kappa shape index (κ1) is 21.2. The standard InChI is InChI=1S/C19H23N3O3S.ClH/c1-11(2)25-13-6-4-12(5-7-13)18(24)21-19-16(17(20)23)14-8-9-22(3)10-15(14)26-19;/h4-7,11H,8-10H2,1-3H3,(H2,20,23)(H,21,24);1H. The van der Waals surface area contributed by atoms with Crippen molar-refractivity contribution in [3.05, 3.63) is 45.8 Å². The number of primary amides is 1. The number of likely N-dealkylation sites (N-methyl/N-ethyl adjacent to an activating group) is 1. The van der Waals surface area contributed by atoms with Crippen molar-refractivity contribution < 1.29 is 14.3 Å². The van der Waals surface area contributed by atoms with Crippen LogP contribution in [-0.2, 0) is 13.0 Å². The predicted octanol–water partition coefficient (Wildman–Crippen LogP) is 3.30. The monoisotopic (exact) mass is 409 g/mol. The zero-order chi connectivity index (χ0) is 18.8. The fraction of sp³-hybridized carbons (Fsp3) is 0.368. The van der Waals surface area contributed by atoms with E-state index in [1.807, 2.05) is 20.9 Å². The Hall–Kier alpha value is -2.09. The normalized spacial score (nSPS) is 13.6. The van der Waals surface area contributed by atoms with Crippen molar-refractivity contribution in [1.82, 2.24) is 4.90 Å². The quantitative estimate of drug-likeness (QED) is 0.793. The van der Waals surface area contributed by atoms with E-state index in [4.69, 9.17) is 10.5 Å². The minimum Gasteiger partial charge on any atom is -0.491 e. The molecule has 1 aromatic heterocycles. The van der Waals surface area contributed by atoms with E-state index in [0.29, 0.717) is 21.9 Å². The molecule has 146 valence electrons. The maximum atomic E-state index is 12.6. The fourth-order valence-electron chi connectivity index (χ4n) is 3.01. The zero-order valence-corrected chi connectivity index (χ0v) is 17.2. The maximum Gasteiger partial charge on any atom is 0.256 e. The van der Waals surface area contributed by atoms with E-state index in [-0.39, 0.29) is 24.4 Å². The Morgan fingerprint density at radius 1 is 1.26 bits per heavy atom. The average Bonchev–Trinajstić information content (AvgIpc) is 2.91. The van der Waals surface area contributed by atoms with Gasteiger partial charge in [0.05, 0.1) is 11.7 Å². The van der Waals surface area contributed by atoms with Crippen molar-refractivity contribution in [1.29, 1.82) is 0 Å². The first-order valence-electron chi connectivity index (χ1n) is 8.56. The van der Waals surface area contributed by atoms with Crippen molar-refractivity contribution in [3.8, 4) is 5.75 Å². The van der Waals surface area contributed by atoms with Crippen LogP contribution in [0, 0.1) is 0 Å². The molecule has 2 aromatic rings. The molecule has 0 saturated carbocycles. The number of amides is 2. The van der Waals surface area contributed by atoms with Crippen LogP contribution in [0.4, 0.5) is 5.00 Å². The molecule has 0 unspecified atom stereocenters. The molecule has 2 amide bonds. The highest BCUT2D eigenvalue weighted by atomic mass is 35.5. The van der Waals surface area contributed by atoms with Crippen molar-refractivity contribution in [2.45, 2.75) is 32.9 Å². The molecule has 0 spiro atoms. The molecule has 0 bridgehead atoms. The van der Waals surface area contributed by atoms with E-state index < -0.39 is 5.91 Å². The van der Waals surface area contributed by atoms with Gasteiger partial charge in [0.1, 0.15) is 10.8 Å². The lowest BCUT2D eigenvalue weighted by atomic mass is 10.0. The van der Waals surface area contributed by atoms with Crippen molar-refractivity contribution in [2.24, 2.45) is 5.73 Å². The highest BCUT2D eigenvalue weighted by molar-refractivity contribution is 7.17. The van der Waals surface area contributed by atoms with Crippen LogP contribution >= 0.6 is 23.7 Å². The summed E-state index contributed by atoms with van der Waals surface area (Å²) in [5, 5.41) is 3.39. The molecule has 0 fully saturated rings. The topological polar surface area (TPSA) is 84.7 Å². The Balaban J connectivity index is 0.00000261. The number of hydrogen-bond acceptors (Lipinski definition) is 5. The molecular weight excluding hydrogens is 386 g/mol. The molecule has 3 rings (SSSR count). The number of fused-ring (bicyclic) bond motifs is 1. The van der Waals surface area contributed by atoms with Gasteiger partial charge in [-0.15, -0.1) is 23.7 Å². The average molecular weight is 410 g/mol. The number of ether oxygens (including phenoxy) is 1. The number of nitrogens with zero attached hydrogens (tertiary/aromatic N) is 1. The van der Waals surface area contributed by atoms with Gasteiger partial charge in [0.25, 0.3) is 11.8 Å². The van der Waals surface area contributed by atoms with Crippen LogP contribution in [0.2, 0.25) is 0 Å². The number of carbonyl (C=O) groups is 2. The first-order valence-corrected chi connectivity index (χ1v) is 9.37. The predicted molar refractivity (Wildman–Crippen MR) is 110 cm³/mol. The zero-order valence-electron chi connectivity index (χ0n) is 15.6. The highest BCUT2D eigenvalue weighted by Gasteiger charge is 2.26. The summed E-state index contributed by atoms with van der Waals surface area (Å²) < 4.78 is 5.59. The van der Waals surface area contributed by atoms with Gasteiger partial charge in [-0.25, -0.2) is 0 Å². The summed E-state index contributed by atoms with van der Waals surface area (Å²) >= 11 is 1.43. The number of carbonyl (C=O) groups excluding carboxylic acids is 2. The van der Waals surface area contributed by atoms with E-state index in [0.717, 1.165) is 30.0 Å². The van der Waals surface area contributed by atoms with Crippen LogP contribution in [-0.4, -0.2) is 36.4 Å². The lowest BCUT2D eigenvalue weighted by molar-refractivity contribution is 0.1000. The summed E-state index contributed by atoms with van der Waals surface area (Å²) in [5.41, 5.74) is 7.50. The third-order valence-electron chi connectivity index (χ3n) is 4.21. The van der Waals surface area contributed by atoms with Gasteiger partial charge in [-0.1, -0.05) is 0 Å². The number of thiophene rings is 1. The Morgan fingerprint density at radius 2 is 1.93 bits per heavy atom. The summed E-state index contributed by atoms with van der Waals surface area (Å²) in [6.07, 6.45) is 0.834. The Kier molecular flexibility index (Phi) is 6.86. The molecule has 1 aliphatic rings. The SMILES string of the molecule is CC(C)Oc1ccc(C(=O)Nc2sc3c(c2C(N)=O)CCN(C)C3)cc1.Cl. The second kappa shape index (κ2) is 8.73. The molecule has 1 aliphatic heterocycles. The van der Waals surface area contributed by atoms with E-state index >= 15 is 0 Å². The number of nitrogens with one attached hydrogen (secondary N) is 1. The molecule has 27 heavy (non-hydrogen) atoms. The summed E-state index contributed by atoms with van der Waals surface area (Å²) in [6.45, 7) is 5.52. The smallest absolute Gasteiger partial charge is 0.256 e. The number of anilines is 1. The van der Waals surface area contributed by atoms with E-state index in [9.17, 15) is 9.59 Å². The molecule has 6 nitrogen and oxygen atoms in total. The molecule has 1 aromatic carbocycles. The van der Waals surface area contributed by atoms with Crippen molar-refractivity contribution in [3.63, 3.8) is 0 Å². The van der Waals surface area contributed by atoms with Crippen LogP contribution in [0.1, 0.15) is 45.0 Å². The fourth-order valence-corrected chi connectivity index (χ4v) is 4.34. The minimum atomic E-state index is -0.497. The summed E-state index contributed by atoms with van der Waals surface area (Å²) in [7, 11) is 2.03. The van der Waals surface area contributed by atoms with Crippen LogP contribution < -0.4 is 15.8 Å². The molecule has 0 atom stereocenters. The van der Waals surface area contributed by atoms with Crippen LogP contribution in [0.3, 0.4) is 0 Å². The summed E-state index contributed by atoms with van der Waals surface area (Å²) in [4.78, 5) is 27.8. The van der Waals surface area contributed by atoms with Gasteiger partial charge in [-0.2, -0.15) is 0 Å². The van der Waals surface area contributed by atoms with Gasteiger partial charge in [-0.05, 0) is 57.1 Å². The van der Waals surface area contributed by atoms with E-state index in [1.165, 1.54) is 11.3 Å². The lowest BCUT2D eigenvalue weighted by Gasteiger charge is -2.22. The maximum absolute atomic E-state index is 12.6. The lowest BCUT2D eigenvalue weighted by Crippen LogP contribution is -2.27. The molecule has 0 aliphatic carbocycles. The molecular formula is C19H24ClN3O3S. The largest absolute Gasteiger partial charge is 0.491 e. The number of nitrogens with two attached hydrogens (primary N) is 1. The molecule has 0 radical (unpaired) electrons. The third kappa shape index (κ3) is 4.80. The molecule has 3 N–H and O–H groups in total. The van der Waals surface area contributed by atoms with Gasteiger partial charge >= 0.3 is 0 Å². The van der Waals surface area contributed by atoms with Crippen molar-refractivity contribution >= 4 is 40.6 Å². The Bertz CT molecular complexity index is 833. The molecule has 0 saturated heterocycles. The molecule has 8 heteroatoms. The number of benzene rings is 1. The second-order valence-electron chi connectivity index (χ2n) is 6.71. The third-order valence-corrected chi connectivity index (χ3v) is 5.34. The second-order valence-corrected chi connectivity index (χ2v) is 7.81. The van der Waals surface area contributed by atoms with E-state index in [2.05, 4.69) is 10.2 Å². The number of halogens is 1. The number of hydrogen-bond donors (Lipinski definition) is 2. The van der Waals surface area contributed by atoms with Gasteiger partial charge in [-0.3, -0.25) is 9.59 Å². The first-order chi connectivity index (χ1) is 12.3. The Labute approximate surface area is 169 Å². The van der Waals surface area contributed by atoms with Crippen LogP contribution in [0.5, 0.6) is 5.75 Å². The summed E-state index contributed by atoms with van der Waals surface area (Å²) in [5.74, 6) is -0.0532. The van der Waals surface area contributed by atoms with E-state index in [1.54, 1.807) is 24.3 Å². The minimum absolute atomic E-state index is 0.